The third-order valence-electron chi connectivity index (χ3n) is 2.97. The van der Waals surface area contributed by atoms with Gasteiger partial charge in [-0.3, -0.25) is 0 Å². The Hall–Kier alpha value is -2.24. The fourth-order valence-corrected chi connectivity index (χ4v) is 2.01. The average Bonchev–Trinajstić information content (AvgIpc) is 2.37. The molecule has 0 spiro atoms. The van der Waals surface area contributed by atoms with Crippen LogP contribution in [0.1, 0.15) is 16.7 Å². The highest BCUT2D eigenvalue weighted by Crippen LogP contribution is 2.31. The fourth-order valence-electron chi connectivity index (χ4n) is 2.01. The third kappa shape index (κ3) is 4.37. The van der Waals surface area contributed by atoms with Gasteiger partial charge in [0.25, 0.3) is 0 Å². The number of aryl methyl sites for hydroxylation is 1. The number of nitrogen functional groups attached to an aromatic ring is 1. The van der Waals surface area contributed by atoms with Crippen molar-refractivity contribution in [2.24, 2.45) is 0 Å². The van der Waals surface area contributed by atoms with E-state index in [1.165, 1.54) is 0 Å². The smallest absolute Gasteiger partial charge is 0.384 e. The van der Waals surface area contributed by atoms with Crippen molar-refractivity contribution in [2.75, 3.05) is 17.6 Å². The van der Waals surface area contributed by atoms with Crippen LogP contribution < -0.4 is 11.1 Å². The molecule has 6 heteroatoms. The van der Waals surface area contributed by atoms with Crippen LogP contribution in [0.25, 0.3) is 0 Å². The predicted molar refractivity (Wildman–Crippen MR) is 77.0 cm³/mol. The molecule has 1 aromatic heterocycles. The Balaban J connectivity index is 2.02. The van der Waals surface area contributed by atoms with E-state index < -0.39 is 11.7 Å². The first-order valence-electron chi connectivity index (χ1n) is 6.49. The van der Waals surface area contributed by atoms with E-state index in [-0.39, 0.29) is 11.6 Å². The van der Waals surface area contributed by atoms with Crippen LogP contribution >= 0.6 is 0 Å². The van der Waals surface area contributed by atoms with Crippen LogP contribution in [0.5, 0.6) is 0 Å². The van der Waals surface area contributed by atoms with Crippen molar-refractivity contribution in [1.82, 2.24) is 4.98 Å². The summed E-state index contributed by atoms with van der Waals surface area (Å²) >= 11 is 0. The summed E-state index contributed by atoms with van der Waals surface area (Å²) in [6, 6.07) is 9.74. The van der Waals surface area contributed by atoms with Crippen molar-refractivity contribution in [2.45, 2.75) is 19.5 Å². The van der Waals surface area contributed by atoms with Gasteiger partial charge in [-0.2, -0.15) is 13.2 Å². The summed E-state index contributed by atoms with van der Waals surface area (Å²) in [4.78, 5) is 3.86. The molecule has 0 aliphatic heterocycles. The minimum Gasteiger partial charge on any atom is -0.384 e. The molecule has 21 heavy (non-hydrogen) atoms. The lowest BCUT2D eigenvalue weighted by Crippen LogP contribution is -2.11. The normalized spacial score (nSPS) is 11.4. The summed E-state index contributed by atoms with van der Waals surface area (Å²) in [5.41, 5.74) is 6.87. The molecule has 0 saturated heterocycles. The number of hydrogen-bond acceptors (Lipinski definition) is 3. The zero-order valence-electron chi connectivity index (χ0n) is 11.5. The van der Waals surface area contributed by atoms with Gasteiger partial charge in [-0.1, -0.05) is 29.8 Å². The molecule has 1 aromatic carbocycles. The van der Waals surface area contributed by atoms with Gasteiger partial charge in [0.2, 0.25) is 0 Å². The van der Waals surface area contributed by atoms with E-state index in [0.717, 1.165) is 23.3 Å². The number of nitrogens with one attached hydrogen (secondary N) is 1. The van der Waals surface area contributed by atoms with Crippen molar-refractivity contribution < 1.29 is 13.2 Å². The molecule has 2 aromatic rings. The molecule has 0 aliphatic carbocycles. The van der Waals surface area contributed by atoms with Crippen molar-refractivity contribution in [3.63, 3.8) is 0 Å². The van der Waals surface area contributed by atoms with Gasteiger partial charge in [0.1, 0.15) is 11.6 Å². The molecule has 1 heterocycles. The first-order chi connectivity index (χ1) is 9.84. The lowest BCUT2D eigenvalue weighted by atomic mass is 10.1. The summed E-state index contributed by atoms with van der Waals surface area (Å²) in [6.07, 6.45) is -3.73. The Morgan fingerprint density at radius 1 is 1.19 bits per heavy atom. The molecule has 0 saturated carbocycles. The maximum Gasteiger partial charge on any atom is 0.416 e. The minimum atomic E-state index is -4.43. The number of aromatic nitrogens is 1. The van der Waals surface area contributed by atoms with Crippen LogP contribution in [0.15, 0.2) is 36.4 Å². The minimum absolute atomic E-state index is 0.134. The lowest BCUT2D eigenvalue weighted by molar-refractivity contribution is -0.137. The molecule has 3 nitrogen and oxygen atoms in total. The van der Waals surface area contributed by atoms with Crippen molar-refractivity contribution in [1.29, 1.82) is 0 Å². The molecule has 0 unspecified atom stereocenters. The molecule has 112 valence electrons. The van der Waals surface area contributed by atoms with E-state index in [2.05, 4.69) is 10.3 Å². The number of rotatable bonds is 4. The van der Waals surface area contributed by atoms with E-state index in [0.29, 0.717) is 13.0 Å². The second-order valence-electron chi connectivity index (χ2n) is 4.83. The summed E-state index contributed by atoms with van der Waals surface area (Å²) in [6.45, 7) is 2.48. The predicted octanol–water partition coefficient (Wildman–Crippen LogP) is 3.65. The number of benzene rings is 1. The van der Waals surface area contributed by atoms with E-state index >= 15 is 0 Å². The second kappa shape index (κ2) is 6.03. The molecule has 0 radical (unpaired) electrons. The first kappa shape index (κ1) is 15.2. The average molecular weight is 295 g/mol. The second-order valence-corrected chi connectivity index (χ2v) is 4.83. The maximum atomic E-state index is 12.7. The van der Waals surface area contributed by atoms with E-state index in [4.69, 9.17) is 5.73 Å². The standard InChI is InChI=1S/C15H16F3N3/c1-10-3-2-4-11(7-10)5-6-20-14-9-12(15(16,17)18)8-13(19)21-14/h2-4,7-9H,5-6H2,1H3,(H3,19,20,21). The Kier molecular flexibility index (Phi) is 4.35. The van der Waals surface area contributed by atoms with Gasteiger partial charge in [0, 0.05) is 6.54 Å². The number of alkyl halides is 3. The van der Waals surface area contributed by atoms with Crippen LogP contribution in [0.2, 0.25) is 0 Å². The highest BCUT2D eigenvalue weighted by Gasteiger charge is 2.31. The highest BCUT2D eigenvalue weighted by atomic mass is 19.4. The molecule has 3 N–H and O–H groups in total. The van der Waals surface area contributed by atoms with Gasteiger partial charge >= 0.3 is 6.18 Å². The lowest BCUT2D eigenvalue weighted by Gasteiger charge is -2.11. The van der Waals surface area contributed by atoms with Crippen molar-refractivity contribution >= 4 is 11.6 Å². The quantitative estimate of drug-likeness (QED) is 0.905. The Bertz CT molecular complexity index is 624. The van der Waals surface area contributed by atoms with E-state index in [1.807, 2.05) is 31.2 Å². The number of nitrogens with two attached hydrogens (primary N) is 1. The molecule has 0 aliphatic rings. The Labute approximate surface area is 121 Å². The van der Waals surface area contributed by atoms with Crippen molar-refractivity contribution in [3.05, 3.63) is 53.1 Å². The molecule has 0 amide bonds. The van der Waals surface area contributed by atoms with Crippen LogP contribution in [0.3, 0.4) is 0 Å². The molecule has 0 fully saturated rings. The number of anilines is 2. The Morgan fingerprint density at radius 2 is 1.95 bits per heavy atom. The molecule has 0 atom stereocenters. The highest BCUT2D eigenvalue weighted by molar-refractivity contribution is 5.47. The third-order valence-corrected chi connectivity index (χ3v) is 2.97. The van der Waals surface area contributed by atoms with E-state index in [1.54, 1.807) is 0 Å². The summed E-state index contributed by atoms with van der Waals surface area (Å²) in [5, 5.41) is 2.87. The summed E-state index contributed by atoms with van der Waals surface area (Å²) in [7, 11) is 0. The van der Waals surface area contributed by atoms with Crippen LogP contribution in [0, 0.1) is 6.92 Å². The molecule has 2 rings (SSSR count). The zero-order chi connectivity index (χ0) is 15.5. The Morgan fingerprint density at radius 3 is 2.62 bits per heavy atom. The van der Waals surface area contributed by atoms with Crippen LogP contribution in [0.4, 0.5) is 24.8 Å². The zero-order valence-corrected chi connectivity index (χ0v) is 11.5. The van der Waals surface area contributed by atoms with Gasteiger partial charge < -0.3 is 11.1 Å². The number of hydrogen-bond donors (Lipinski definition) is 2. The summed E-state index contributed by atoms with van der Waals surface area (Å²) in [5.74, 6) is -0.0159. The first-order valence-corrected chi connectivity index (χ1v) is 6.49. The van der Waals surface area contributed by atoms with Gasteiger partial charge in [-0.05, 0) is 31.0 Å². The monoisotopic (exact) mass is 295 g/mol. The largest absolute Gasteiger partial charge is 0.416 e. The molecular formula is C15H16F3N3. The number of halogens is 3. The topological polar surface area (TPSA) is 50.9 Å². The van der Waals surface area contributed by atoms with Gasteiger partial charge in [-0.25, -0.2) is 4.98 Å². The fraction of sp³-hybridized carbons (Fsp3) is 0.267. The van der Waals surface area contributed by atoms with Gasteiger partial charge in [-0.15, -0.1) is 0 Å². The molecular weight excluding hydrogens is 279 g/mol. The van der Waals surface area contributed by atoms with Crippen LogP contribution in [-0.4, -0.2) is 11.5 Å². The SMILES string of the molecule is Cc1cccc(CCNc2cc(C(F)(F)F)cc(N)n2)c1. The summed E-state index contributed by atoms with van der Waals surface area (Å²) < 4.78 is 38.0. The maximum absolute atomic E-state index is 12.7. The number of nitrogens with zero attached hydrogens (tertiary/aromatic N) is 1. The van der Waals surface area contributed by atoms with E-state index in [9.17, 15) is 13.2 Å². The van der Waals surface area contributed by atoms with Crippen LogP contribution in [-0.2, 0) is 12.6 Å². The van der Waals surface area contributed by atoms with Gasteiger partial charge in [0.15, 0.2) is 0 Å². The van der Waals surface area contributed by atoms with Crippen molar-refractivity contribution in [3.8, 4) is 0 Å². The molecule has 0 bridgehead atoms. The van der Waals surface area contributed by atoms with Gasteiger partial charge in [0.05, 0.1) is 5.56 Å². The number of pyridine rings is 1.